The maximum atomic E-state index is 14.3. The fraction of sp³-hybridized carbons (Fsp3) is 0.667. The summed E-state index contributed by atoms with van der Waals surface area (Å²) in [5.74, 6) is -0.880. The second kappa shape index (κ2) is 11.6. The van der Waals surface area contributed by atoms with Gasteiger partial charge in [-0.25, -0.2) is 0 Å². The highest BCUT2D eigenvalue weighted by Crippen LogP contribution is 2.79. The molecule has 0 saturated carbocycles. The summed E-state index contributed by atoms with van der Waals surface area (Å²) < 4.78 is 51.5. The molecule has 0 radical (unpaired) electrons. The lowest BCUT2D eigenvalue weighted by atomic mass is 10.3. The quantitative estimate of drug-likeness (QED) is 0.299. The van der Waals surface area contributed by atoms with Gasteiger partial charge in [-0.2, -0.15) is 0 Å². The van der Waals surface area contributed by atoms with Gasteiger partial charge in [-0.1, -0.05) is 11.6 Å². The van der Waals surface area contributed by atoms with Crippen LogP contribution < -0.4 is 5.32 Å². The molecular weight excluding hydrogens is 476 g/mol. The molecule has 11 heteroatoms. The zero-order chi connectivity index (χ0) is 24.9. The fourth-order valence-corrected chi connectivity index (χ4v) is 8.39. The molecule has 1 rings (SSSR count). The maximum Gasteiger partial charge on any atom is 0.358 e. The Kier molecular flexibility index (Phi) is 10.6. The number of hydrogen-bond donors (Lipinski definition) is 1. The molecule has 0 heterocycles. The molecular formula is C21H36ClNO7P2. The van der Waals surface area contributed by atoms with E-state index < -0.39 is 50.4 Å². The standard InChI is InChI=1S/C21H36ClNO7P2/c1-14(2)27-31(25,28-15(3)4)21(9,32(26,29-16(5)6)30-17(7)8)20(24)23-19-12-10-18(22)11-13-19/h10-17H,1-9H3,(H,23,24). The number of anilines is 1. The molecule has 32 heavy (non-hydrogen) atoms. The lowest BCUT2D eigenvalue weighted by molar-refractivity contribution is -0.117. The van der Waals surface area contributed by atoms with E-state index in [4.69, 9.17) is 29.7 Å². The molecule has 0 saturated heterocycles. The molecule has 0 spiro atoms. The van der Waals surface area contributed by atoms with Gasteiger partial charge in [0.2, 0.25) is 4.90 Å². The largest absolute Gasteiger partial charge is 0.358 e. The van der Waals surface area contributed by atoms with Gasteiger partial charge in [-0.3, -0.25) is 13.9 Å². The SMILES string of the molecule is CC(C)OP(=O)(OC(C)C)C(C)(C(=O)Nc1ccc(Cl)cc1)P(=O)(OC(C)C)OC(C)C. The number of carbonyl (C=O) groups excluding carboxylic acids is 1. The third kappa shape index (κ3) is 7.14. The van der Waals surface area contributed by atoms with Crippen LogP contribution >= 0.6 is 26.8 Å². The number of carbonyl (C=O) groups is 1. The van der Waals surface area contributed by atoms with Crippen LogP contribution in [0.2, 0.25) is 5.02 Å². The van der Waals surface area contributed by atoms with Crippen molar-refractivity contribution in [2.45, 2.75) is 91.6 Å². The minimum absolute atomic E-state index is 0.354. The number of rotatable bonds is 12. The lowest BCUT2D eigenvalue weighted by Crippen LogP contribution is -2.44. The molecule has 0 unspecified atom stereocenters. The second-order valence-electron chi connectivity index (χ2n) is 8.59. The summed E-state index contributed by atoms with van der Waals surface area (Å²) in [5.41, 5.74) is 0.354. The molecule has 1 aromatic carbocycles. The van der Waals surface area contributed by atoms with Crippen LogP contribution in [0.4, 0.5) is 5.69 Å². The zero-order valence-electron chi connectivity index (χ0n) is 20.2. The van der Waals surface area contributed by atoms with Crippen molar-refractivity contribution in [3.8, 4) is 0 Å². The topological polar surface area (TPSA) is 100 Å². The van der Waals surface area contributed by atoms with Gasteiger partial charge in [0.15, 0.2) is 0 Å². The lowest BCUT2D eigenvalue weighted by Gasteiger charge is -2.41. The van der Waals surface area contributed by atoms with E-state index >= 15 is 0 Å². The van der Waals surface area contributed by atoms with Crippen molar-refractivity contribution in [1.82, 2.24) is 0 Å². The first-order chi connectivity index (χ1) is 14.6. The Hall–Kier alpha value is -0.720. The Labute approximate surface area is 196 Å². The molecule has 8 nitrogen and oxygen atoms in total. The van der Waals surface area contributed by atoms with Gasteiger partial charge in [0.25, 0.3) is 5.91 Å². The van der Waals surface area contributed by atoms with Gasteiger partial charge in [0.1, 0.15) is 0 Å². The van der Waals surface area contributed by atoms with E-state index in [2.05, 4.69) is 5.32 Å². The van der Waals surface area contributed by atoms with Crippen LogP contribution in [0.3, 0.4) is 0 Å². The summed E-state index contributed by atoms with van der Waals surface area (Å²) in [7, 11) is -8.88. The monoisotopic (exact) mass is 511 g/mol. The summed E-state index contributed by atoms with van der Waals surface area (Å²) in [6.45, 7) is 14.4. The van der Waals surface area contributed by atoms with Crippen LogP contribution in [0, 0.1) is 0 Å². The van der Waals surface area contributed by atoms with E-state index in [0.29, 0.717) is 10.7 Å². The Morgan fingerprint density at radius 1 is 0.781 bits per heavy atom. The Balaban J connectivity index is 3.77. The summed E-state index contributed by atoms with van der Waals surface area (Å²) in [5, 5.41) is 3.12. The van der Waals surface area contributed by atoms with Crippen molar-refractivity contribution in [3.63, 3.8) is 0 Å². The smallest absolute Gasteiger partial charge is 0.324 e. The molecule has 0 atom stereocenters. The fourth-order valence-electron chi connectivity index (χ4n) is 2.75. The van der Waals surface area contributed by atoms with Crippen LogP contribution in [0.25, 0.3) is 0 Å². The molecule has 0 aliphatic carbocycles. The first kappa shape index (κ1) is 29.3. The van der Waals surface area contributed by atoms with Crippen LogP contribution in [0.15, 0.2) is 24.3 Å². The molecule has 0 bridgehead atoms. The second-order valence-corrected chi connectivity index (χ2v) is 14.0. The predicted octanol–water partition coefficient (Wildman–Crippen LogP) is 7.08. The highest BCUT2D eigenvalue weighted by Gasteiger charge is 2.68. The number of halogens is 1. The average molecular weight is 512 g/mol. The Bertz CT molecular complexity index is 790. The molecule has 1 amide bonds. The molecule has 184 valence electrons. The number of amides is 1. The van der Waals surface area contributed by atoms with Gasteiger partial charge in [0, 0.05) is 10.7 Å². The number of nitrogens with one attached hydrogen (secondary N) is 1. The van der Waals surface area contributed by atoms with Crippen LogP contribution in [-0.4, -0.2) is 35.2 Å². The van der Waals surface area contributed by atoms with Gasteiger partial charge >= 0.3 is 15.2 Å². The predicted molar refractivity (Wildman–Crippen MR) is 129 cm³/mol. The van der Waals surface area contributed by atoms with E-state index in [-0.39, 0.29) is 0 Å². The first-order valence-electron chi connectivity index (χ1n) is 10.6. The Morgan fingerprint density at radius 3 is 1.38 bits per heavy atom. The summed E-state index contributed by atoms with van der Waals surface area (Å²) in [4.78, 5) is 11.4. The minimum atomic E-state index is -4.44. The van der Waals surface area contributed by atoms with Gasteiger partial charge < -0.3 is 23.4 Å². The highest BCUT2D eigenvalue weighted by atomic mass is 35.5. The van der Waals surface area contributed by atoms with Crippen LogP contribution in [-0.2, 0) is 32.0 Å². The van der Waals surface area contributed by atoms with E-state index in [1.54, 1.807) is 79.7 Å². The average Bonchev–Trinajstić information content (AvgIpc) is 2.59. The van der Waals surface area contributed by atoms with E-state index in [1.165, 1.54) is 6.92 Å². The van der Waals surface area contributed by atoms with Crippen molar-refractivity contribution >= 4 is 38.4 Å². The molecule has 0 aliphatic rings. The van der Waals surface area contributed by atoms with E-state index in [1.807, 2.05) is 0 Å². The van der Waals surface area contributed by atoms with E-state index in [0.717, 1.165) is 0 Å². The Morgan fingerprint density at radius 2 is 1.09 bits per heavy atom. The molecule has 0 fully saturated rings. The van der Waals surface area contributed by atoms with Gasteiger partial charge in [-0.15, -0.1) is 0 Å². The van der Waals surface area contributed by atoms with Gasteiger partial charge in [-0.05, 0) is 86.6 Å². The summed E-state index contributed by atoms with van der Waals surface area (Å²) >= 11 is 5.93. The first-order valence-corrected chi connectivity index (χ1v) is 14.0. The summed E-state index contributed by atoms with van der Waals surface area (Å²) in [6, 6.07) is 6.29. The van der Waals surface area contributed by atoms with Crippen molar-refractivity contribution in [1.29, 1.82) is 0 Å². The summed E-state index contributed by atoms with van der Waals surface area (Å²) in [6.07, 6.45) is -2.41. The third-order valence-corrected chi connectivity index (χ3v) is 11.1. The zero-order valence-corrected chi connectivity index (χ0v) is 22.8. The third-order valence-electron chi connectivity index (χ3n) is 4.00. The molecule has 0 aliphatic heterocycles. The minimum Gasteiger partial charge on any atom is -0.324 e. The van der Waals surface area contributed by atoms with Crippen LogP contribution in [0.5, 0.6) is 0 Å². The van der Waals surface area contributed by atoms with Crippen molar-refractivity contribution in [3.05, 3.63) is 29.3 Å². The number of hydrogen-bond acceptors (Lipinski definition) is 7. The van der Waals surface area contributed by atoms with Crippen molar-refractivity contribution in [2.75, 3.05) is 5.32 Å². The normalized spacial score (nSPS) is 13.4. The van der Waals surface area contributed by atoms with Gasteiger partial charge in [0.05, 0.1) is 24.4 Å². The molecule has 0 aromatic heterocycles. The highest BCUT2D eigenvalue weighted by molar-refractivity contribution is 7.76. The molecule has 1 aromatic rings. The maximum absolute atomic E-state index is 14.3. The molecule has 1 N–H and O–H groups in total. The van der Waals surface area contributed by atoms with Crippen LogP contribution in [0.1, 0.15) is 62.3 Å². The van der Waals surface area contributed by atoms with Crippen molar-refractivity contribution in [2.24, 2.45) is 0 Å². The van der Waals surface area contributed by atoms with E-state index in [9.17, 15) is 13.9 Å². The van der Waals surface area contributed by atoms with Crippen molar-refractivity contribution < 1.29 is 32.0 Å². The number of benzene rings is 1.